The molecule has 3 rings (SSSR count). The number of hydrogen-bond acceptors (Lipinski definition) is 6. The largest absolute Gasteiger partial charge is 0.490 e. The number of aromatic carboxylic acids is 1. The first kappa shape index (κ1) is 24.6. The number of carbonyl (C=O) groups excluding carboxylic acids is 2. The lowest BCUT2D eigenvalue weighted by Crippen LogP contribution is -2.54. The van der Waals surface area contributed by atoms with E-state index < -0.39 is 17.8 Å². The molecular weight excluding hydrogens is 559 g/mol. The van der Waals surface area contributed by atoms with E-state index in [2.05, 4.69) is 27.9 Å². The Morgan fingerprint density at radius 3 is 2.64 bits per heavy atom. The number of carboxylic acid groups (broad SMARTS) is 1. The van der Waals surface area contributed by atoms with Gasteiger partial charge in [0.15, 0.2) is 16.6 Å². The third-order valence-corrected chi connectivity index (χ3v) is 5.54. The molecule has 1 heterocycles. The lowest BCUT2D eigenvalue weighted by Gasteiger charge is -2.29. The van der Waals surface area contributed by atoms with Crippen molar-refractivity contribution < 1.29 is 29.0 Å². The molecule has 1 aliphatic heterocycles. The molecule has 0 unspecified atom stereocenters. The van der Waals surface area contributed by atoms with Crippen molar-refractivity contribution in [1.82, 2.24) is 5.32 Å². The summed E-state index contributed by atoms with van der Waals surface area (Å²) in [6, 6.07) is 9.22. The fraction of sp³-hybridized carbons (Fsp3) is 0.217. The van der Waals surface area contributed by atoms with Gasteiger partial charge in [-0.05, 0) is 97.6 Å². The van der Waals surface area contributed by atoms with Gasteiger partial charge in [0.25, 0.3) is 11.8 Å². The highest BCUT2D eigenvalue weighted by Crippen LogP contribution is 2.36. The first-order valence-corrected chi connectivity index (χ1v) is 11.5. The highest BCUT2D eigenvalue weighted by Gasteiger charge is 2.34. The van der Waals surface area contributed by atoms with Crippen LogP contribution in [0.5, 0.6) is 11.5 Å². The number of nitrogens with zero attached hydrogens (tertiary/aromatic N) is 1. The molecule has 10 heteroatoms. The number of hydrogen-bond donors (Lipinski definition) is 2. The van der Waals surface area contributed by atoms with E-state index >= 15 is 0 Å². The molecule has 0 bridgehead atoms. The highest BCUT2D eigenvalue weighted by atomic mass is 127. The Balaban J connectivity index is 2.04. The SMILES string of the molecule is CCOc1cc(C=C2C(=O)NC(=S)N(c3cccc(C(=O)O)c3)C2=O)cc(I)c1OC(C)C. The summed E-state index contributed by atoms with van der Waals surface area (Å²) < 4.78 is 12.3. The van der Waals surface area contributed by atoms with Gasteiger partial charge in [0, 0.05) is 0 Å². The fourth-order valence-electron chi connectivity index (χ4n) is 3.12. The Bertz CT molecular complexity index is 1180. The number of carboxylic acids is 1. The summed E-state index contributed by atoms with van der Waals surface area (Å²) in [5.74, 6) is -1.38. The van der Waals surface area contributed by atoms with E-state index in [1.54, 1.807) is 18.2 Å². The number of benzene rings is 2. The normalized spacial score (nSPS) is 15.1. The van der Waals surface area contributed by atoms with Gasteiger partial charge in [-0.25, -0.2) is 4.79 Å². The highest BCUT2D eigenvalue weighted by molar-refractivity contribution is 14.1. The smallest absolute Gasteiger partial charge is 0.335 e. The number of rotatable bonds is 7. The van der Waals surface area contributed by atoms with E-state index in [1.807, 2.05) is 20.8 Å². The second-order valence-corrected chi connectivity index (χ2v) is 8.79. The van der Waals surface area contributed by atoms with E-state index in [0.29, 0.717) is 23.7 Å². The summed E-state index contributed by atoms with van der Waals surface area (Å²) in [6.07, 6.45) is 1.38. The molecule has 2 amide bonds. The summed E-state index contributed by atoms with van der Waals surface area (Å²) in [4.78, 5) is 38.3. The van der Waals surface area contributed by atoms with E-state index in [1.165, 1.54) is 24.3 Å². The second kappa shape index (κ2) is 10.3. The van der Waals surface area contributed by atoms with Gasteiger partial charge in [-0.15, -0.1) is 0 Å². The molecule has 172 valence electrons. The van der Waals surface area contributed by atoms with Crippen LogP contribution in [0, 0.1) is 3.57 Å². The number of halogens is 1. The third kappa shape index (κ3) is 5.50. The molecule has 1 aliphatic rings. The van der Waals surface area contributed by atoms with Crippen LogP contribution in [-0.4, -0.2) is 40.7 Å². The zero-order valence-electron chi connectivity index (χ0n) is 18.0. The minimum atomic E-state index is -1.14. The predicted octanol–water partition coefficient (Wildman–Crippen LogP) is 4.01. The zero-order valence-corrected chi connectivity index (χ0v) is 21.0. The van der Waals surface area contributed by atoms with Crippen LogP contribution >= 0.6 is 34.8 Å². The standard InChI is InChI=1S/C23H21IN2O6S/c1-4-31-18-10-13(9-17(24)19(18)32-12(2)3)8-16-20(27)25-23(33)26(21(16)28)15-7-5-6-14(11-15)22(29)30/h5-12H,4H2,1-3H3,(H,29,30)(H,25,27,33). The topological polar surface area (TPSA) is 105 Å². The number of thiocarbonyl (C=S) groups is 1. The van der Waals surface area contributed by atoms with Crippen molar-refractivity contribution in [2.24, 2.45) is 0 Å². The number of ether oxygens (including phenoxy) is 2. The van der Waals surface area contributed by atoms with Crippen LogP contribution in [0.3, 0.4) is 0 Å². The molecule has 0 aromatic heterocycles. The van der Waals surface area contributed by atoms with Gasteiger partial charge in [0.05, 0.1) is 27.5 Å². The van der Waals surface area contributed by atoms with Crippen LogP contribution in [0.2, 0.25) is 0 Å². The predicted molar refractivity (Wildman–Crippen MR) is 136 cm³/mol. The van der Waals surface area contributed by atoms with Gasteiger partial charge in [-0.1, -0.05) is 6.07 Å². The molecule has 33 heavy (non-hydrogen) atoms. The van der Waals surface area contributed by atoms with Crippen LogP contribution in [-0.2, 0) is 9.59 Å². The molecule has 8 nitrogen and oxygen atoms in total. The molecule has 2 N–H and O–H groups in total. The van der Waals surface area contributed by atoms with E-state index in [-0.39, 0.29) is 28.0 Å². The van der Waals surface area contributed by atoms with Crippen LogP contribution in [0.4, 0.5) is 5.69 Å². The van der Waals surface area contributed by atoms with Gasteiger partial charge in [0.2, 0.25) is 0 Å². The van der Waals surface area contributed by atoms with Crippen LogP contribution in [0.15, 0.2) is 42.0 Å². The van der Waals surface area contributed by atoms with E-state index in [4.69, 9.17) is 21.7 Å². The number of anilines is 1. The Hall–Kier alpha value is -2.99. The van der Waals surface area contributed by atoms with Crippen molar-refractivity contribution in [3.05, 3.63) is 56.7 Å². The Labute approximate surface area is 209 Å². The minimum Gasteiger partial charge on any atom is -0.490 e. The maximum Gasteiger partial charge on any atom is 0.335 e. The van der Waals surface area contributed by atoms with Crippen molar-refractivity contribution in [1.29, 1.82) is 0 Å². The van der Waals surface area contributed by atoms with Crippen LogP contribution in [0.1, 0.15) is 36.7 Å². The summed E-state index contributed by atoms with van der Waals surface area (Å²) in [7, 11) is 0. The van der Waals surface area contributed by atoms with E-state index in [0.717, 1.165) is 8.47 Å². The molecule has 2 aromatic carbocycles. The Morgan fingerprint density at radius 1 is 1.27 bits per heavy atom. The summed E-state index contributed by atoms with van der Waals surface area (Å²) in [6.45, 7) is 6.07. The van der Waals surface area contributed by atoms with Gasteiger partial charge in [-0.3, -0.25) is 19.8 Å². The van der Waals surface area contributed by atoms with Gasteiger partial charge < -0.3 is 14.6 Å². The van der Waals surface area contributed by atoms with Crippen molar-refractivity contribution in [2.45, 2.75) is 26.9 Å². The summed E-state index contributed by atoms with van der Waals surface area (Å²) in [5, 5.41) is 11.6. The van der Waals surface area contributed by atoms with Crippen LogP contribution in [0.25, 0.3) is 6.08 Å². The van der Waals surface area contributed by atoms with Gasteiger partial charge in [-0.2, -0.15) is 0 Å². The molecule has 0 saturated carbocycles. The average molecular weight is 580 g/mol. The molecule has 1 fully saturated rings. The molecule has 0 atom stereocenters. The zero-order chi connectivity index (χ0) is 24.3. The molecule has 1 saturated heterocycles. The van der Waals surface area contributed by atoms with Crippen molar-refractivity contribution >= 4 is 69.5 Å². The van der Waals surface area contributed by atoms with Crippen molar-refractivity contribution in [3.63, 3.8) is 0 Å². The van der Waals surface area contributed by atoms with Gasteiger partial charge in [0.1, 0.15) is 5.57 Å². The summed E-state index contributed by atoms with van der Waals surface area (Å²) >= 11 is 7.29. The molecule has 0 spiro atoms. The number of nitrogens with one attached hydrogen (secondary N) is 1. The lowest BCUT2D eigenvalue weighted by molar-refractivity contribution is -0.122. The first-order chi connectivity index (χ1) is 15.6. The Kier molecular flexibility index (Phi) is 7.69. The average Bonchev–Trinajstić information content (AvgIpc) is 2.73. The van der Waals surface area contributed by atoms with E-state index in [9.17, 15) is 19.5 Å². The fourth-order valence-corrected chi connectivity index (χ4v) is 4.15. The van der Waals surface area contributed by atoms with Crippen LogP contribution < -0.4 is 19.7 Å². The summed E-state index contributed by atoms with van der Waals surface area (Å²) in [5.41, 5.74) is 0.632. The number of amides is 2. The Morgan fingerprint density at radius 2 is 2.00 bits per heavy atom. The minimum absolute atomic E-state index is 0.0119. The molecule has 2 aromatic rings. The number of carbonyl (C=O) groups is 3. The monoisotopic (exact) mass is 580 g/mol. The second-order valence-electron chi connectivity index (χ2n) is 7.24. The third-order valence-electron chi connectivity index (χ3n) is 4.45. The lowest BCUT2D eigenvalue weighted by atomic mass is 10.1. The quantitative estimate of drug-likeness (QED) is 0.221. The van der Waals surface area contributed by atoms with Gasteiger partial charge >= 0.3 is 5.97 Å². The van der Waals surface area contributed by atoms with Crippen molar-refractivity contribution in [3.8, 4) is 11.5 Å². The molecule has 0 radical (unpaired) electrons. The maximum atomic E-state index is 13.2. The molecule has 0 aliphatic carbocycles. The maximum absolute atomic E-state index is 13.2. The van der Waals surface area contributed by atoms with Crippen molar-refractivity contribution in [2.75, 3.05) is 11.5 Å². The first-order valence-electron chi connectivity index (χ1n) is 10.00. The molecular formula is C23H21IN2O6S.